The first-order valence-electron chi connectivity index (χ1n) is 8.14. The van der Waals surface area contributed by atoms with Gasteiger partial charge in [0.05, 0.1) is 5.92 Å². The third kappa shape index (κ3) is 5.90. The van der Waals surface area contributed by atoms with Crippen LogP contribution in [-0.2, 0) is 4.79 Å². The van der Waals surface area contributed by atoms with Crippen molar-refractivity contribution < 1.29 is 9.59 Å². The molecule has 0 aliphatic rings. The van der Waals surface area contributed by atoms with Gasteiger partial charge in [-0.25, -0.2) is 0 Å². The molecule has 0 aromatic heterocycles. The Morgan fingerprint density at radius 3 is 2.42 bits per heavy atom. The monoisotopic (exact) mass is 390 g/mol. The highest BCUT2D eigenvalue weighted by Gasteiger charge is 2.16. The molecule has 0 heterocycles. The quantitative estimate of drug-likeness (QED) is 0.657. The maximum Gasteiger partial charge on any atom is 0.251 e. The van der Waals surface area contributed by atoms with Crippen LogP contribution >= 0.6 is 23.2 Å². The molecule has 2 N–H and O–H groups in total. The molecule has 0 saturated heterocycles. The molecular weight excluding hydrogens is 371 g/mol. The first-order chi connectivity index (χ1) is 12.4. The summed E-state index contributed by atoms with van der Waals surface area (Å²) in [6.45, 7) is 6.14. The summed E-state index contributed by atoms with van der Waals surface area (Å²) in [6.07, 6.45) is 0.501. The Morgan fingerprint density at radius 1 is 1.08 bits per heavy atom. The second kappa shape index (κ2) is 9.41. The van der Waals surface area contributed by atoms with Crippen molar-refractivity contribution in [3.8, 4) is 0 Å². The molecule has 1 atom stereocenters. The van der Waals surface area contributed by atoms with E-state index in [1.807, 2.05) is 0 Å². The van der Waals surface area contributed by atoms with Crippen LogP contribution in [0.3, 0.4) is 0 Å². The van der Waals surface area contributed by atoms with Crippen LogP contribution in [0.25, 0.3) is 0 Å². The molecule has 0 spiro atoms. The minimum Gasteiger partial charge on any atom is -0.352 e. The summed E-state index contributed by atoms with van der Waals surface area (Å²) < 4.78 is 0. The number of amides is 2. The van der Waals surface area contributed by atoms with Gasteiger partial charge in [-0.3, -0.25) is 9.59 Å². The van der Waals surface area contributed by atoms with Gasteiger partial charge in [0.15, 0.2) is 0 Å². The van der Waals surface area contributed by atoms with Gasteiger partial charge in [0.1, 0.15) is 0 Å². The van der Waals surface area contributed by atoms with Gasteiger partial charge >= 0.3 is 0 Å². The van der Waals surface area contributed by atoms with Crippen LogP contribution in [0.1, 0.15) is 23.7 Å². The van der Waals surface area contributed by atoms with Crippen molar-refractivity contribution in [2.24, 2.45) is 5.92 Å². The second-order valence-corrected chi connectivity index (χ2v) is 6.77. The molecule has 0 fully saturated rings. The van der Waals surface area contributed by atoms with Gasteiger partial charge in [-0.15, -0.1) is 0 Å². The van der Waals surface area contributed by atoms with Gasteiger partial charge < -0.3 is 10.6 Å². The minimum absolute atomic E-state index is 0.154. The predicted octanol–water partition coefficient (Wildman–Crippen LogP) is 4.94. The molecule has 1 unspecified atom stereocenters. The van der Waals surface area contributed by atoms with Crippen molar-refractivity contribution in [2.45, 2.75) is 13.3 Å². The first-order valence-corrected chi connectivity index (χ1v) is 8.90. The second-order valence-electron chi connectivity index (χ2n) is 5.89. The lowest BCUT2D eigenvalue weighted by Gasteiger charge is -2.15. The van der Waals surface area contributed by atoms with E-state index in [0.717, 1.165) is 5.57 Å². The highest BCUT2D eigenvalue weighted by molar-refractivity contribution is 6.31. The summed E-state index contributed by atoms with van der Waals surface area (Å²) in [5.41, 5.74) is 1.91. The van der Waals surface area contributed by atoms with Gasteiger partial charge in [-0.2, -0.15) is 0 Å². The fraction of sp³-hybridized carbons (Fsp3) is 0.200. The van der Waals surface area contributed by atoms with E-state index >= 15 is 0 Å². The van der Waals surface area contributed by atoms with E-state index in [4.69, 9.17) is 23.2 Å². The van der Waals surface area contributed by atoms with Gasteiger partial charge in [0.25, 0.3) is 5.91 Å². The average molecular weight is 391 g/mol. The topological polar surface area (TPSA) is 58.2 Å². The number of carbonyl (C=O) groups excluding carboxylic acids is 2. The molecular formula is C20H20Cl2N2O2. The molecule has 6 heteroatoms. The van der Waals surface area contributed by atoms with Gasteiger partial charge in [-0.05, 0) is 55.8 Å². The number of anilines is 1. The number of benzene rings is 2. The summed E-state index contributed by atoms with van der Waals surface area (Å²) in [5.74, 6) is -0.745. The maximum atomic E-state index is 12.3. The van der Waals surface area contributed by atoms with Crippen LogP contribution in [-0.4, -0.2) is 18.4 Å². The van der Waals surface area contributed by atoms with Crippen LogP contribution in [0, 0.1) is 5.92 Å². The van der Waals surface area contributed by atoms with Crippen LogP contribution in [0.5, 0.6) is 0 Å². The average Bonchev–Trinajstić information content (AvgIpc) is 2.62. The number of halogens is 2. The number of nitrogens with one attached hydrogen (secondary N) is 2. The van der Waals surface area contributed by atoms with Crippen LogP contribution in [0.2, 0.25) is 10.0 Å². The Kier molecular flexibility index (Phi) is 7.25. The summed E-state index contributed by atoms with van der Waals surface area (Å²) in [7, 11) is 0. The lowest BCUT2D eigenvalue weighted by molar-refractivity contribution is -0.118. The normalized spacial score (nSPS) is 11.5. The molecule has 136 valence electrons. The number of hydrogen-bond acceptors (Lipinski definition) is 2. The third-order valence-corrected chi connectivity index (χ3v) is 4.42. The van der Waals surface area contributed by atoms with E-state index in [9.17, 15) is 9.59 Å². The van der Waals surface area contributed by atoms with Gasteiger partial charge in [0, 0.05) is 27.8 Å². The summed E-state index contributed by atoms with van der Waals surface area (Å²) in [4.78, 5) is 24.3. The van der Waals surface area contributed by atoms with E-state index in [-0.39, 0.29) is 17.7 Å². The third-order valence-electron chi connectivity index (χ3n) is 3.94. The van der Waals surface area contributed by atoms with Gasteiger partial charge in [0.2, 0.25) is 5.91 Å². The highest BCUT2D eigenvalue weighted by atomic mass is 35.5. The highest BCUT2D eigenvalue weighted by Crippen LogP contribution is 2.18. The van der Waals surface area contributed by atoms with Crippen molar-refractivity contribution in [1.29, 1.82) is 0 Å². The molecule has 26 heavy (non-hydrogen) atoms. The Balaban J connectivity index is 1.80. The number of carbonyl (C=O) groups is 2. The van der Waals surface area contributed by atoms with E-state index in [1.165, 1.54) is 0 Å². The minimum atomic E-state index is -0.381. The van der Waals surface area contributed by atoms with Crippen LogP contribution in [0.4, 0.5) is 5.69 Å². The zero-order chi connectivity index (χ0) is 19.1. The molecule has 0 bridgehead atoms. The summed E-state index contributed by atoms with van der Waals surface area (Å²) >= 11 is 11.7. The van der Waals surface area contributed by atoms with E-state index in [1.54, 1.807) is 55.5 Å². The van der Waals surface area contributed by atoms with Crippen molar-refractivity contribution >= 4 is 40.7 Å². The fourth-order valence-electron chi connectivity index (χ4n) is 2.25. The largest absolute Gasteiger partial charge is 0.352 e. The standard InChI is InChI=1S/C20H20Cl2N2O2/c1-13(10-11-23-20(26)15-4-3-5-17(22)12-15)14(2)19(25)24-18-8-6-16(21)7-9-18/h3-9,12,14H,1,10-11H2,2H3,(H,23,26)(H,24,25). The van der Waals surface area contributed by atoms with Crippen molar-refractivity contribution in [2.75, 3.05) is 11.9 Å². The summed E-state index contributed by atoms with van der Waals surface area (Å²) in [6, 6.07) is 13.6. The first kappa shape index (κ1) is 20.0. The van der Waals surface area contributed by atoms with Crippen molar-refractivity contribution in [1.82, 2.24) is 5.32 Å². The lowest BCUT2D eigenvalue weighted by Crippen LogP contribution is -2.27. The SMILES string of the molecule is C=C(CCNC(=O)c1cccc(Cl)c1)C(C)C(=O)Nc1ccc(Cl)cc1. The van der Waals surface area contributed by atoms with Crippen molar-refractivity contribution in [3.63, 3.8) is 0 Å². The zero-order valence-electron chi connectivity index (χ0n) is 14.4. The van der Waals surface area contributed by atoms with E-state index in [0.29, 0.717) is 34.3 Å². The molecule has 2 aromatic carbocycles. The Hall–Kier alpha value is -2.30. The molecule has 4 nitrogen and oxygen atoms in total. The number of rotatable bonds is 7. The Morgan fingerprint density at radius 2 is 1.77 bits per heavy atom. The zero-order valence-corrected chi connectivity index (χ0v) is 15.9. The summed E-state index contributed by atoms with van der Waals surface area (Å²) in [5, 5.41) is 6.74. The Labute approximate surface area is 163 Å². The molecule has 0 saturated carbocycles. The van der Waals surface area contributed by atoms with E-state index < -0.39 is 0 Å². The smallest absolute Gasteiger partial charge is 0.251 e. The fourth-order valence-corrected chi connectivity index (χ4v) is 2.57. The molecule has 0 aliphatic heterocycles. The molecule has 0 radical (unpaired) electrons. The van der Waals surface area contributed by atoms with Crippen LogP contribution in [0.15, 0.2) is 60.7 Å². The molecule has 0 aliphatic carbocycles. The predicted molar refractivity (Wildman–Crippen MR) is 107 cm³/mol. The maximum absolute atomic E-state index is 12.3. The van der Waals surface area contributed by atoms with Crippen LogP contribution < -0.4 is 10.6 Å². The molecule has 2 rings (SSSR count). The molecule has 2 aromatic rings. The van der Waals surface area contributed by atoms with E-state index in [2.05, 4.69) is 17.2 Å². The van der Waals surface area contributed by atoms with Gasteiger partial charge in [-0.1, -0.05) is 41.4 Å². The number of hydrogen-bond donors (Lipinski definition) is 2. The Bertz CT molecular complexity index is 804. The van der Waals surface area contributed by atoms with Crippen molar-refractivity contribution in [3.05, 3.63) is 76.3 Å². The molecule has 2 amide bonds. The lowest BCUT2D eigenvalue weighted by atomic mass is 9.98.